The molecule has 1 unspecified atom stereocenters. The molecule has 8 heteroatoms. The van der Waals surface area contributed by atoms with Gasteiger partial charge in [0.2, 0.25) is 10.0 Å². The molecule has 0 radical (unpaired) electrons. The largest absolute Gasteiger partial charge is 0.497 e. The number of aromatic carboxylic acids is 1. The van der Waals surface area contributed by atoms with Gasteiger partial charge < -0.3 is 14.8 Å². The summed E-state index contributed by atoms with van der Waals surface area (Å²) in [5.41, 5.74) is 0.619. The van der Waals surface area contributed by atoms with Crippen molar-refractivity contribution in [3.63, 3.8) is 0 Å². The van der Waals surface area contributed by atoms with Crippen LogP contribution in [0.1, 0.15) is 35.4 Å². The Labute approximate surface area is 134 Å². The van der Waals surface area contributed by atoms with Crippen molar-refractivity contribution in [2.24, 2.45) is 0 Å². The molecule has 3 N–H and O–H groups in total. The van der Waals surface area contributed by atoms with Crippen molar-refractivity contribution in [3.05, 3.63) is 47.8 Å². The summed E-state index contributed by atoms with van der Waals surface area (Å²) < 4.78 is 32.4. The number of carboxylic acid groups (broad SMARTS) is 1. The molecule has 1 aromatic heterocycles. The third-order valence-electron chi connectivity index (χ3n) is 3.42. The Hall–Kier alpha value is -2.32. The highest BCUT2D eigenvalue weighted by Gasteiger charge is 2.22. The number of nitrogens with one attached hydrogen (secondary N) is 2. The van der Waals surface area contributed by atoms with Gasteiger partial charge in [-0.25, -0.2) is 17.9 Å². The van der Waals surface area contributed by atoms with E-state index in [-0.39, 0.29) is 10.6 Å². The maximum Gasteiger partial charge on any atom is 0.352 e. The number of H-pyrrole nitrogens is 1. The van der Waals surface area contributed by atoms with Crippen LogP contribution < -0.4 is 9.46 Å². The lowest BCUT2D eigenvalue weighted by Gasteiger charge is -2.17. The van der Waals surface area contributed by atoms with Crippen LogP contribution in [0.4, 0.5) is 0 Å². The quantitative estimate of drug-likeness (QED) is 0.717. The van der Waals surface area contributed by atoms with Crippen LogP contribution in [0.5, 0.6) is 5.75 Å². The van der Waals surface area contributed by atoms with Gasteiger partial charge in [-0.15, -0.1) is 0 Å². The first-order valence-electron chi connectivity index (χ1n) is 6.95. The van der Waals surface area contributed by atoms with E-state index < -0.39 is 22.0 Å². The van der Waals surface area contributed by atoms with E-state index in [9.17, 15) is 13.2 Å². The topological polar surface area (TPSA) is 108 Å². The van der Waals surface area contributed by atoms with Gasteiger partial charge in [0.25, 0.3) is 0 Å². The highest BCUT2D eigenvalue weighted by atomic mass is 32.2. The molecule has 124 valence electrons. The molecular weight excluding hydrogens is 320 g/mol. The predicted octanol–water partition coefficient (Wildman–Crippen LogP) is 2.15. The summed E-state index contributed by atoms with van der Waals surface area (Å²) in [7, 11) is -2.27. The lowest BCUT2D eigenvalue weighted by Crippen LogP contribution is -2.28. The van der Waals surface area contributed by atoms with Crippen LogP contribution in [0.3, 0.4) is 0 Å². The minimum Gasteiger partial charge on any atom is -0.497 e. The Bertz CT molecular complexity index is 780. The Balaban J connectivity index is 2.23. The predicted molar refractivity (Wildman–Crippen MR) is 84.1 cm³/mol. The Morgan fingerprint density at radius 2 is 2.00 bits per heavy atom. The molecule has 0 aliphatic heterocycles. The molecule has 0 bridgehead atoms. The van der Waals surface area contributed by atoms with Crippen molar-refractivity contribution in [3.8, 4) is 5.75 Å². The van der Waals surface area contributed by atoms with Gasteiger partial charge in [-0.3, -0.25) is 0 Å². The minimum atomic E-state index is -3.82. The van der Waals surface area contributed by atoms with Gasteiger partial charge in [0.05, 0.1) is 7.11 Å². The summed E-state index contributed by atoms with van der Waals surface area (Å²) in [6, 6.07) is 7.75. The number of rotatable bonds is 7. The van der Waals surface area contributed by atoms with Crippen LogP contribution in [0.25, 0.3) is 0 Å². The highest BCUT2D eigenvalue weighted by molar-refractivity contribution is 7.89. The van der Waals surface area contributed by atoms with E-state index in [1.54, 1.807) is 31.4 Å². The number of sulfonamides is 1. The van der Waals surface area contributed by atoms with E-state index >= 15 is 0 Å². The zero-order valence-corrected chi connectivity index (χ0v) is 13.6. The molecule has 23 heavy (non-hydrogen) atoms. The average Bonchev–Trinajstić information content (AvgIpc) is 3.04. The van der Waals surface area contributed by atoms with Crippen molar-refractivity contribution < 1.29 is 23.1 Å². The summed E-state index contributed by atoms with van der Waals surface area (Å²) in [4.78, 5) is 13.2. The summed E-state index contributed by atoms with van der Waals surface area (Å²) in [6.45, 7) is 1.86. The van der Waals surface area contributed by atoms with Crippen LogP contribution in [-0.2, 0) is 10.0 Å². The zero-order chi connectivity index (χ0) is 17.0. The van der Waals surface area contributed by atoms with Gasteiger partial charge in [0.15, 0.2) is 0 Å². The normalized spacial score (nSPS) is 12.8. The summed E-state index contributed by atoms with van der Waals surface area (Å²) in [5, 5.41) is 8.86. The average molecular weight is 338 g/mol. The number of aromatic nitrogens is 1. The molecule has 2 aromatic rings. The fourth-order valence-electron chi connectivity index (χ4n) is 2.13. The summed E-state index contributed by atoms with van der Waals surface area (Å²) in [6.07, 6.45) is 1.70. The van der Waals surface area contributed by atoms with Gasteiger partial charge in [-0.1, -0.05) is 19.1 Å². The Kier molecular flexibility index (Phi) is 5.07. The van der Waals surface area contributed by atoms with Crippen LogP contribution >= 0.6 is 0 Å². The van der Waals surface area contributed by atoms with Gasteiger partial charge in [-0.2, -0.15) is 0 Å². The monoisotopic (exact) mass is 338 g/mol. The van der Waals surface area contributed by atoms with E-state index in [4.69, 9.17) is 9.84 Å². The third kappa shape index (κ3) is 3.91. The van der Waals surface area contributed by atoms with Crippen molar-refractivity contribution >= 4 is 16.0 Å². The van der Waals surface area contributed by atoms with Crippen molar-refractivity contribution in [1.82, 2.24) is 9.71 Å². The maximum absolute atomic E-state index is 12.4. The zero-order valence-electron chi connectivity index (χ0n) is 12.7. The smallest absolute Gasteiger partial charge is 0.352 e. The molecule has 0 aliphatic rings. The van der Waals surface area contributed by atoms with Crippen molar-refractivity contribution in [1.29, 1.82) is 0 Å². The van der Waals surface area contributed by atoms with Crippen LogP contribution in [-0.4, -0.2) is 31.6 Å². The molecule has 1 aromatic carbocycles. The summed E-state index contributed by atoms with van der Waals surface area (Å²) >= 11 is 0. The molecule has 0 saturated carbocycles. The van der Waals surface area contributed by atoms with Gasteiger partial charge in [0, 0.05) is 12.2 Å². The Morgan fingerprint density at radius 1 is 1.35 bits per heavy atom. The molecule has 0 saturated heterocycles. The molecule has 0 spiro atoms. The molecule has 2 rings (SSSR count). The summed E-state index contributed by atoms with van der Waals surface area (Å²) in [5.74, 6) is -0.531. The number of methoxy groups -OCH3 is 1. The highest BCUT2D eigenvalue weighted by Crippen LogP contribution is 2.22. The second-order valence-corrected chi connectivity index (χ2v) is 6.62. The molecule has 0 aliphatic carbocycles. The number of carboxylic acids is 1. The third-order valence-corrected chi connectivity index (χ3v) is 4.87. The lowest BCUT2D eigenvalue weighted by molar-refractivity contribution is 0.0691. The first-order valence-corrected chi connectivity index (χ1v) is 8.43. The van der Waals surface area contributed by atoms with Crippen LogP contribution in [0, 0.1) is 0 Å². The second-order valence-electron chi connectivity index (χ2n) is 4.91. The van der Waals surface area contributed by atoms with E-state index in [0.717, 1.165) is 17.8 Å². The molecule has 1 atom stereocenters. The molecule has 0 amide bonds. The van der Waals surface area contributed by atoms with Crippen LogP contribution in [0.15, 0.2) is 41.4 Å². The van der Waals surface area contributed by atoms with E-state index in [1.165, 1.54) is 0 Å². The lowest BCUT2D eigenvalue weighted by atomic mass is 10.1. The minimum absolute atomic E-state index is 0.109. The van der Waals surface area contributed by atoms with Crippen LogP contribution in [0.2, 0.25) is 0 Å². The second kappa shape index (κ2) is 6.84. The molecule has 0 fully saturated rings. The van der Waals surface area contributed by atoms with E-state index in [1.807, 2.05) is 6.92 Å². The first kappa shape index (κ1) is 17.0. The van der Waals surface area contributed by atoms with E-state index in [2.05, 4.69) is 9.71 Å². The maximum atomic E-state index is 12.4. The first-order chi connectivity index (χ1) is 10.9. The number of carbonyl (C=O) groups is 1. The molecule has 1 heterocycles. The molecular formula is C15H18N2O5S. The van der Waals surface area contributed by atoms with E-state index in [0.29, 0.717) is 12.2 Å². The number of hydrogen-bond acceptors (Lipinski definition) is 4. The fraction of sp³-hybridized carbons (Fsp3) is 0.267. The number of hydrogen-bond donors (Lipinski definition) is 3. The SMILES string of the molecule is CCC(NS(=O)(=O)c1c[nH]c(C(=O)O)c1)c1ccc(OC)cc1. The fourth-order valence-corrected chi connectivity index (χ4v) is 3.43. The number of aromatic amines is 1. The number of benzene rings is 1. The van der Waals surface area contributed by atoms with Gasteiger partial charge in [0.1, 0.15) is 16.3 Å². The van der Waals surface area contributed by atoms with Gasteiger partial charge in [-0.05, 0) is 30.2 Å². The Morgan fingerprint density at radius 3 is 2.48 bits per heavy atom. The standard InChI is InChI=1S/C15H18N2O5S/c1-3-13(10-4-6-11(22-2)7-5-10)17-23(20,21)12-8-14(15(18)19)16-9-12/h4-9,13,16-17H,3H2,1-2H3,(H,18,19). The molecule has 7 nitrogen and oxygen atoms in total. The van der Waals surface area contributed by atoms with Crippen molar-refractivity contribution in [2.75, 3.05) is 7.11 Å². The number of ether oxygens (including phenoxy) is 1. The van der Waals surface area contributed by atoms with Gasteiger partial charge >= 0.3 is 5.97 Å². The van der Waals surface area contributed by atoms with Crippen molar-refractivity contribution in [2.45, 2.75) is 24.3 Å².